The van der Waals surface area contributed by atoms with Crippen molar-refractivity contribution in [2.24, 2.45) is 0 Å². The third-order valence-corrected chi connectivity index (χ3v) is 4.49. The number of benzene rings is 3. The molecule has 0 saturated heterocycles. The molecule has 0 amide bonds. The number of anilines is 1. The standard InChI is InChI=1S/C22H22ClNO/c1-16-4-3-5-19(12-16)15-25-21-10-7-18(8-11-21)14-24-20-9-6-17(2)22(23)13-20/h3-13,24H,14-15H2,1-2H3. The van der Waals surface area contributed by atoms with E-state index in [2.05, 4.69) is 48.6 Å². The van der Waals surface area contributed by atoms with Crippen LogP contribution in [-0.2, 0) is 13.2 Å². The van der Waals surface area contributed by atoms with Crippen molar-refractivity contribution in [2.75, 3.05) is 5.32 Å². The smallest absolute Gasteiger partial charge is 0.119 e. The van der Waals surface area contributed by atoms with E-state index >= 15 is 0 Å². The molecule has 0 aromatic heterocycles. The summed E-state index contributed by atoms with van der Waals surface area (Å²) < 4.78 is 5.86. The average molecular weight is 352 g/mol. The second kappa shape index (κ2) is 8.09. The molecule has 0 fully saturated rings. The van der Waals surface area contributed by atoms with Gasteiger partial charge in [-0.1, -0.05) is 59.6 Å². The van der Waals surface area contributed by atoms with Crippen molar-refractivity contribution >= 4 is 17.3 Å². The van der Waals surface area contributed by atoms with Crippen LogP contribution in [0, 0.1) is 13.8 Å². The Kier molecular flexibility index (Phi) is 5.62. The van der Waals surface area contributed by atoms with E-state index < -0.39 is 0 Å². The third kappa shape index (κ3) is 5.01. The third-order valence-electron chi connectivity index (χ3n) is 4.08. The summed E-state index contributed by atoms with van der Waals surface area (Å²) in [7, 11) is 0. The van der Waals surface area contributed by atoms with Gasteiger partial charge in [0, 0.05) is 17.3 Å². The van der Waals surface area contributed by atoms with Gasteiger partial charge in [0.05, 0.1) is 0 Å². The van der Waals surface area contributed by atoms with Gasteiger partial charge in [-0.3, -0.25) is 0 Å². The van der Waals surface area contributed by atoms with Crippen LogP contribution < -0.4 is 10.1 Å². The van der Waals surface area contributed by atoms with E-state index in [9.17, 15) is 0 Å². The topological polar surface area (TPSA) is 21.3 Å². The molecule has 0 spiro atoms. The molecule has 0 aliphatic carbocycles. The lowest BCUT2D eigenvalue weighted by Gasteiger charge is -2.10. The maximum atomic E-state index is 6.15. The van der Waals surface area contributed by atoms with Crippen molar-refractivity contribution in [3.05, 3.63) is 94.0 Å². The molecule has 0 bridgehead atoms. The van der Waals surface area contributed by atoms with Crippen molar-refractivity contribution in [1.82, 2.24) is 0 Å². The lowest BCUT2D eigenvalue weighted by atomic mass is 10.1. The fourth-order valence-corrected chi connectivity index (χ4v) is 2.76. The van der Waals surface area contributed by atoms with Gasteiger partial charge in [0.15, 0.2) is 0 Å². The highest BCUT2D eigenvalue weighted by atomic mass is 35.5. The molecule has 25 heavy (non-hydrogen) atoms. The van der Waals surface area contributed by atoms with E-state index in [4.69, 9.17) is 16.3 Å². The molecule has 0 heterocycles. The number of hydrogen-bond donors (Lipinski definition) is 1. The molecule has 1 N–H and O–H groups in total. The van der Waals surface area contributed by atoms with E-state index in [-0.39, 0.29) is 0 Å². The highest BCUT2D eigenvalue weighted by Gasteiger charge is 2.00. The largest absolute Gasteiger partial charge is 0.489 e. The second-order valence-corrected chi connectivity index (χ2v) is 6.65. The quantitative estimate of drug-likeness (QED) is 0.575. The molecule has 0 aliphatic rings. The van der Waals surface area contributed by atoms with Crippen LogP contribution in [0.3, 0.4) is 0 Å². The lowest BCUT2D eigenvalue weighted by molar-refractivity contribution is 0.306. The zero-order valence-electron chi connectivity index (χ0n) is 14.6. The summed E-state index contributed by atoms with van der Waals surface area (Å²) in [6.07, 6.45) is 0. The van der Waals surface area contributed by atoms with Gasteiger partial charge in [0.2, 0.25) is 0 Å². The van der Waals surface area contributed by atoms with Gasteiger partial charge >= 0.3 is 0 Å². The lowest BCUT2D eigenvalue weighted by Crippen LogP contribution is -2.00. The second-order valence-electron chi connectivity index (χ2n) is 6.24. The molecule has 3 aromatic carbocycles. The van der Waals surface area contributed by atoms with Crippen molar-refractivity contribution in [1.29, 1.82) is 0 Å². The molecule has 0 saturated carbocycles. The van der Waals surface area contributed by atoms with Crippen LogP contribution in [0.1, 0.15) is 22.3 Å². The maximum Gasteiger partial charge on any atom is 0.119 e. The van der Waals surface area contributed by atoms with E-state index in [1.54, 1.807) is 0 Å². The van der Waals surface area contributed by atoms with E-state index in [1.807, 2.05) is 37.3 Å². The predicted molar refractivity (Wildman–Crippen MR) is 105 cm³/mol. The Bertz CT molecular complexity index is 843. The minimum absolute atomic E-state index is 0.584. The minimum Gasteiger partial charge on any atom is -0.489 e. The van der Waals surface area contributed by atoms with Gasteiger partial charge < -0.3 is 10.1 Å². The Morgan fingerprint density at radius 2 is 1.68 bits per heavy atom. The molecule has 3 rings (SSSR count). The summed E-state index contributed by atoms with van der Waals surface area (Å²) >= 11 is 6.15. The summed E-state index contributed by atoms with van der Waals surface area (Å²) in [5, 5.41) is 4.17. The Hall–Kier alpha value is -2.45. The van der Waals surface area contributed by atoms with Crippen LogP contribution >= 0.6 is 11.6 Å². The van der Waals surface area contributed by atoms with Crippen LogP contribution in [0.2, 0.25) is 5.02 Å². The van der Waals surface area contributed by atoms with E-state index in [1.165, 1.54) is 16.7 Å². The first-order valence-corrected chi connectivity index (χ1v) is 8.75. The summed E-state index contributed by atoms with van der Waals surface area (Å²) in [5.41, 5.74) is 5.73. The number of halogens is 1. The molecule has 0 atom stereocenters. The van der Waals surface area contributed by atoms with Crippen LogP contribution in [-0.4, -0.2) is 0 Å². The SMILES string of the molecule is Cc1cccc(COc2ccc(CNc3ccc(C)c(Cl)c3)cc2)c1. The molecule has 3 aromatic rings. The maximum absolute atomic E-state index is 6.15. The van der Waals surface area contributed by atoms with Crippen LogP contribution in [0.4, 0.5) is 5.69 Å². The Labute approximate surface area is 154 Å². The van der Waals surface area contributed by atoms with Crippen LogP contribution in [0.25, 0.3) is 0 Å². The Morgan fingerprint density at radius 3 is 2.40 bits per heavy atom. The number of rotatable bonds is 6. The van der Waals surface area contributed by atoms with Gasteiger partial charge in [-0.15, -0.1) is 0 Å². The summed E-state index contributed by atoms with van der Waals surface area (Å²) in [6, 6.07) is 22.6. The normalized spacial score (nSPS) is 10.5. The van der Waals surface area contributed by atoms with Crippen molar-refractivity contribution in [2.45, 2.75) is 27.0 Å². The highest BCUT2D eigenvalue weighted by molar-refractivity contribution is 6.31. The van der Waals surface area contributed by atoms with Crippen molar-refractivity contribution in [3.8, 4) is 5.75 Å². The number of nitrogens with one attached hydrogen (secondary N) is 1. The van der Waals surface area contributed by atoms with Crippen molar-refractivity contribution < 1.29 is 4.74 Å². The summed E-state index contributed by atoms with van der Waals surface area (Å²) in [4.78, 5) is 0. The number of hydrogen-bond acceptors (Lipinski definition) is 2. The molecular formula is C22H22ClNO. The summed E-state index contributed by atoms with van der Waals surface area (Å²) in [5.74, 6) is 0.878. The molecule has 0 radical (unpaired) electrons. The fourth-order valence-electron chi connectivity index (χ4n) is 2.58. The Balaban J connectivity index is 1.54. The van der Waals surface area contributed by atoms with Gasteiger partial charge in [-0.25, -0.2) is 0 Å². The fraction of sp³-hybridized carbons (Fsp3) is 0.182. The predicted octanol–water partition coefficient (Wildman–Crippen LogP) is 6.15. The Morgan fingerprint density at radius 1 is 0.880 bits per heavy atom. The first kappa shape index (κ1) is 17.4. The van der Waals surface area contributed by atoms with Gasteiger partial charge in [0.25, 0.3) is 0 Å². The average Bonchev–Trinajstić information content (AvgIpc) is 2.62. The first-order chi connectivity index (χ1) is 12.1. The van der Waals surface area contributed by atoms with Gasteiger partial charge in [-0.05, 0) is 54.8 Å². The van der Waals surface area contributed by atoms with Crippen molar-refractivity contribution in [3.63, 3.8) is 0 Å². The van der Waals surface area contributed by atoms with E-state index in [0.29, 0.717) is 6.61 Å². The molecule has 3 heteroatoms. The summed E-state index contributed by atoms with van der Waals surface area (Å²) in [6.45, 7) is 5.42. The first-order valence-electron chi connectivity index (χ1n) is 8.37. The molecular weight excluding hydrogens is 330 g/mol. The van der Waals surface area contributed by atoms with E-state index in [0.717, 1.165) is 28.6 Å². The number of aryl methyl sites for hydroxylation is 2. The van der Waals surface area contributed by atoms with Crippen LogP contribution in [0.15, 0.2) is 66.7 Å². The number of ether oxygens (including phenoxy) is 1. The highest BCUT2D eigenvalue weighted by Crippen LogP contribution is 2.21. The zero-order chi connectivity index (χ0) is 17.6. The molecule has 128 valence electrons. The molecule has 2 nitrogen and oxygen atoms in total. The van der Waals surface area contributed by atoms with Gasteiger partial charge in [0.1, 0.15) is 12.4 Å². The van der Waals surface area contributed by atoms with Gasteiger partial charge in [-0.2, -0.15) is 0 Å². The molecule has 0 aliphatic heterocycles. The minimum atomic E-state index is 0.584. The monoisotopic (exact) mass is 351 g/mol. The molecule has 0 unspecified atom stereocenters. The zero-order valence-corrected chi connectivity index (χ0v) is 15.3. The van der Waals surface area contributed by atoms with Crippen LogP contribution in [0.5, 0.6) is 5.75 Å².